The van der Waals surface area contributed by atoms with Gasteiger partial charge in [-0.1, -0.05) is 37.5 Å². The van der Waals surface area contributed by atoms with Crippen molar-refractivity contribution in [3.8, 4) is 6.07 Å². The maximum Gasteiger partial charge on any atom is 0.0995 e. The lowest BCUT2D eigenvalue weighted by molar-refractivity contribution is 0.185. The van der Waals surface area contributed by atoms with Gasteiger partial charge in [0.1, 0.15) is 0 Å². The van der Waals surface area contributed by atoms with Gasteiger partial charge in [0, 0.05) is 19.1 Å². The van der Waals surface area contributed by atoms with Gasteiger partial charge in [-0.25, -0.2) is 0 Å². The molecule has 0 spiro atoms. The van der Waals surface area contributed by atoms with E-state index in [0.29, 0.717) is 0 Å². The van der Waals surface area contributed by atoms with Crippen molar-refractivity contribution in [2.24, 2.45) is 5.92 Å². The predicted octanol–water partition coefficient (Wildman–Crippen LogP) is 4.10. The first-order valence-electron chi connectivity index (χ1n) is 8.09. The fraction of sp³-hybridized carbons (Fsp3) is 0.611. The number of hydrogen-bond acceptors (Lipinski definition) is 2. The van der Waals surface area contributed by atoms with Crippen molar-refractivity contribution >= 4 is 0 Å². The van der Waals surface area contributed by atoms with Crippen molar-refractivity contribution in [2.75, 3.05) is 6.54 Å². The molecule has 2 saturated carbocycles. The highest BCUT2D eigenvalue weighted by atomic mass is 15.2. The second-order valence-corrected chi connectivity index (χ2v) is 6.43. The highest BCUT2D eigenvalue weighted by molar-refractivity contribution is 5.37. The predicted molar refractivity (Wildman–Crippen MR) is 81.2 cm³/mol. The molecule has 1 aromatic rings. The van der Waals surface area contributed by atoms with Gasteiger partial charge in [0.15, 0.2) is 0 Å². The molecule has 0 amide bonds. The zero-order chi connectivity index (χ0) is 13.8. The van der Waals surface area contributed by atoms with Crippen LogP contribution in [0.2, 0.25) is 0 Å². The molecule has 1 aromatic carbocycles. The van der Waals surface area contributed by atoms with E-state index < -0.39 is 0 Å². The molecule has 2 fully saturated rings. The van der Waals surface area contributed by atoms with E-state index >= 15 is 0 Å². The Balaban J connectivity index is 1.66. The molecule has 3 rings (SSSR count). The fourth-order valence-electron chi connectivity index (χ4n) is 3.47. The molecule has 0 radical (unpaired) electrons. The van der Waals surface area contributed by atoms with Crippen LogP contribution >= 0.6 is 0 Å². The Morgan fingerprint density at radius 3 is 2.50 bits per heavy atom. The van der Waals surface area contributed by atoms with Crippen LogP contribution in [0, 0.1) is 17.2 Å². The van der Waals surface area contributed by atoms with E-state index in [9.17, 15) is 5.26 Å². The highest BCUT2D eigenvalue weighted by Crippen LogP contribution is 2.32. The van der Waals surface area contributed by atoms with Gasteiger partial charge in [-0.2, -0.15) is 5.26 Å². The van der Waals surface area contributed by atoms with Gasteiger partial charge < -0.3 is 0 Å². The Labute approximate surface area is 122 Å². The van der Waals surface area contributed by atoms with Crippen LogP contribution in [0.1, 0.15) is 56.1 Å². The summed E-state index contributed by atoms with van der Waals surface area (Å²) in [7, 11) is 0. The molecule has 0 N–H and O–H groups in total. The number of nitrogens with zero attached hydrogens (tertiary/aromatic N) is 2. The zero-order valence-corrected chi connectivity index (χ0v) is 12.2. The standard InChI is InChI=1S/C18H24N2/c19-12-16-8-4-5-9-17(16)14-20(18-10-11-18)13-15-6-2-1-3-7-15/h4-5,8-9,15,18H,1-3,6-7,10-11,13-14H2. The van der Waals surface area contributed by atoms with Gasteiger partial charge in [0.05, 0.1) is 11.6 Å². The minimum Gasteiger partial charge on any atom is -0.296 e. The largest absolute Gasteiger partial charge is 0.296 e. The molecular weight excluding hydrogens is 244 g/mol. The third-order valence-electron chi connectivity index (χ3n) is 4.79. The minimum absolute atomic E-state index is 0.781. The van der Waals surface area contributed by atoms with Gasteiger partial charge in [-0.15, -0.1) is 0 Å². The molecular formula is C18H24N2. The summed E-state index contributed by atoms with van der Waals surface area (Å²) in [6, 6.07) is 11.2. The molecule has 0 aromatic heterocycles. The normalized spacial score (nSPS) is 20.0. The van der Waals surface area contributed by atoms with Crippen molar-refractivity contribution in [2.45, 2.75) is 57.5 Å². The van der Waals surface area contributed by atoms with Crippen LogP contribution in [-0.2, 0) is 6.54 Å². The van der Waals surface area contributed by atoms with Crippen molar-refractivity contribution in [3.63, 3.8) is 0 Å². The fourth-order valence-corrected chi connectivity index (χ4v) is 3.47. The molecule has 2 nitrogen and oxygen atoms in total. The molecule has 0 unspecified atom stereocenters. The molecule has 0 aliphatic heterocycles. The summed E-state index contributed by atoms with van der Waals surface area (Å²) in [5.74, 6) is 0.888. The topological polar surface area (TPSA) is 27.0 Å². The smallest absolute Gasteiger partial charge is 0.0995 e. The van der Waals surface area contributed by atoms with E-state index in [2.05, 4.69) is 23.1 Å². The van der Waals surface area contributed by atoms with Crippen LogP contribution in [0.15, 0.2) is 24.3 Å². The summed E-state index contributed by atoms with van der Waals surface area (Å²) in [6.45, 7) is 2.20. The maximum atomic E-state index is 9.24. The van der Waals surface area contributed by atoms with Crippen molar-refractivity contribution in [1.82, 2.24) is 4.90 Å². The number of nitriles is 1. The summed E-state index contributed by atoms with van der Waals surface area (Å²) in [5.41, 5.74) is 2.06. The van der Waals surface area contributed by atoms with E-state index in [4.69, 9.17) is 0 Å². The van der Waals surface area contributed by atoms with Crippen molar-refractivity contribution in [3.05, 3.63) is 35.4 Å². The summed E-state index contributed by atoms with van der Waals surface area (Å²) in [4.78, 5) is 2.64. The van der Waals surface area contributed by atoms with E-state index in [1.165, 1.54) is 57.1 Å². The second kappa shape index (κ2) is 6.41. The Hall–Kier alpha value is -1.33. The second-order valence-electron chi connectivity index (χ2n) is 6.43. The SMILES string of the molecule is N#Cc1ccccc1CN(CC1CCCCC1)C1CC1. The Bertz CT molecular complexity index is 478. The zero-order valence-electron chi connectivity index (χ0n) is 12.2. The Morgan fingerprint density at radius 2 is 1.80 bits per heavy atom. The Kier molecular flexibility index (Phi) is 4.38. The average molecular weight is 268 g/mol. The minimum atomic E-state index is 0.781. The van der Waals surface area contributed by atoms with Gasteiger partial charge in [-0.3, -0.25) is 4.90 Å². The van der Waals surface area contributed by atoms with Crippen LogP contribution in [-0.4, -0.2) is 17.5 Å². The average Bonchev–Trinajstić information content (AvgIpc) is 3.33. The van der Waals surface area contributed by atoms with Crippen LogP contribution in [0.4, 0.5) is 0 Å². The van der Waals surface area contributed by atoms with Gasteiger partial charge in [0.2, 0.25) is 0 Å². The molecule has 0 atom stereocenters. The molecule has 0 heterocycles. The number of hydrogen-bond donors (Lipinski definition) is 0. The first-order valence-corrected chi connectivity index (χ1v) is 8.09. The van der Waals surface area contributed by atoms with Gasteiger partial charge in [-0.05, 0) is 43.2 Å². The van der Waals surface area contributed by atoms with Crippen LogP contribution in [0.25, 0.3) is 0 Å². The highest BCUT2D eigenvalue weighted by Gasteiger charge is 2.31. The molecule has 2 aliphatic carbocycles. The third kappa shape index (κ3) is 3.41. The van der Waals surface area contributed by atoms with E-state index in [0.717, 1.165) is 24.1 Å². The maximum absolute atomic E-state index is 9.24. The quantitative estimate of drug-likeness (QED) is 0.803. The van der Waals surface area contributed by atoms with Crippen molar-refractivity contribution in [1.29, 1.82) is 5.26 Å². The van der Waals surface area contributed by atoms with Crippen molar-refractivity contribution < 1.29 is 0 Å². The molecule has 0 saturated heterocycles. The lowest BCUT2D eigenvalue weighted by atomic mass is 9.88. The van der Waals surface area contributed by atoms with E-state index in [-0.39, 0.29) is 0 Å². The lowest BCUT2D eigenvalue weighted by Gasteiger charge is -2.30. The number of rotatable bonds is 5. The van der Waals surface area contributed by atoms with Crippen LogP contribution < -0.4 is 0 Å². The first-order chi connectivity index (χ1) is 9.86. The third-order valence-corrected chi connectivity index (χ3v) is 4.79. The van der Waals surface area contributed by atoms with Gasteiger partial charge >= 0.3 is 0 Å². The lowest BCUT2D eigenvalue weighted by Crippen LogP contribution is -2.32. The molecule has 2 aliphatic rings. The molecule has 2 heteroatoms. The van der Waals surface area contributed by atoms with Crippen LogP contribution in [0.5, 0.6) is 0 Å². The summed E-state index contributed by atoms with van der Waals surface area (Å²) in [6.07, 6.45) is 9.77. The summed E-state index contributed by atoms with van der Waals surface area (Å²) < 4.78 is 0. The first kappa shape index (κ1) is 13.6. The molecule has 0 bridgehead atoms. The number of benzene rings is 1. The van der Waals surface area contributed by atoms with E-state index in [1.54, 1.807) is 0 Å². The monoisotopic (exact) mass is 268 g/mol. The van der Waals surface area contributed by atoms with E-state index in [1.807, 2.05) is 12.1 Å². The Morgan fingerprint density at radius 1 is 1.05 bits per heavy atom. The van der Waals surface area contributed by atoms with Crippen LogP contribution in [0.3, 0.4) is 0 Å². The summed E-state index contributed by atoms with van der Waals surface area (Å²) >= 11 is 0. The summed E-state index contributed by atoms with van der Waals surface area (Å²) in [5, 5.41) is 9.24. The van der Waals surface area contributed by atoms with Gasteiger partial charge in [0.25, 0.3) is 0 Å². The molecule has 20 heavy (non-hydrogen) atoms. The molecule has 106 valence electrons.